The molecular formula is C17H15N3O2. The van der Waals surface area contributed by atoms with Gasteiger partial charge in [0.1, 0.15) is 5.69 Å². The molecule has 0 saturated carbocycles. The second kappa shape index (κ2) is 6.22. The molecule has 0 spiro atoms. The lowest BCUT2D eigenvalue weighted by molar-refractivity contribution is 0.0947. The molecule has 0 aliphatic carbocycles. The van der Waals surface area contributed by atoms with E-state index in [-0.39, 0.29) is 11.5 Å². The van der Waals surface area contributed by atoms with Crippen LogP contribution in [0.3, 0.4) is 0 Å². The zero-order valence-corrected chi connectivity index (χ0v) is 11.9. The van der Waals surface area contributed by atoms with Crippen LogP contribution in [0.25, 0.3) is 10.9 Å². The predicted molar refractivity (Wildman–Crippen MR) is 84.8 cm³/mol. The smallest absolute Gasteiger partial charge is 0.269 e. The van der Waals surface area contributed by atoms with Crippen LogP contribution in [0, 0.1) is 0 Å². The van der Waals surface area contributed by atoms with Crippen molar-refractivity contribution in [2.45, 2.75) is 6.54 Å². The van der Waals surface area contributed by atoms with E-state index in [2.05, 4.69) is 10.3 Å². The molecule has 22 heavy (non-hydrogen) atoms. The van der Waals surface area contributed by atoms with Gasteiger partial charge in [0, 0.05) is 30.7 Å². The van der Waals surface area contributed by atoms with Gasteiger partial charge in [-0.2, -0.15) is 0 Å². The highest BCUT2D eigenvalue weighted by molar-refractivity contribution is 5.94. The molecule has 5 heteroatoms. The van der Waals surface area contributed by atoms with Gasteiger partial charge >= 0.3 is 0 Å². The quantitative estimate of drug-likeness (QED) is 0.798. The van der Waals surface area contributed by atoms with Crippen LogP contribution in [-0.2, 0) is 6.54 Å². The summed E-state index contributed by atoms with van der Waals surface area (Å²) >= 11 is 0. The van der Waals surface area contributed by atoms with Crippen molar-refractivity contribution in [3.05, 3.63) is 76.8 Å². The van der Waals surface area contributed by atoms with Crippen LogP contribution in [0.1, 0.15) is 10.5 Å². The van der Waals surface area contributed by atoms with E-state index in [1.165, 1.54) is 6.07 Å². The molecule has 1 amide bonds. The number of nitrogens with one attached hydrogen (secondary N) is 1. The summed E-state index contributed by atoms with van der Waals surface area (Å²) in [6, 6.07) is 16.2. The minimum absolute atomic E-state index is 0.0828. The van der Waals surface area contributed by atoms with Gasteiger partial charge in [-0.1, -0.05) is 30.3 Å². The van der Waals surface area contributed by atoms with Gasteiger partial charge in [0.05, 0.1) is 5.52 Å². The van der Waals surface area contributed by atoms with Gasteiger partial charge in [0.2, 0.25) is 0 Å². The number of carbonyl (C=O) groups is 1. The molecule has 0 radical (unpaired) electrons. The maximum Gasteiger partial charge on any atom is 0.269 e. The molecule has 2 heterocycles. The van der Waals surface area contributed by atoms with E-state index in [1.807, 2.05) is 30.3 Å². The van der Waals surface area contributed by atoms with Gasteiger partial charge in [-0.3, -0.25) is 9.59 Å². The number of amides is 1. The molecule has 0 bridgehead atoms. The lowest BCUT2D eigenvalue weighted by atomic mass is 10.2. The number of benzene rings is 1. The first-order valence-corrected chi connectivity index (χ1v) is 7.03. The van der Waals surface area contributed by atoms with E-state index in [1.54, 1.807) is 29.0 Å². The topological polar surface area (TPSA) is 64.0 Å². The number of hydrogen-bond donors (Lipinski definition) is 1. The molecule has 1 aromatic carbocycles. The van der Waals surface area contributed by atoms with E-state index >= 15 is 0 Å². The largest absolute Gasteiger partial charge is 0.349 e. The molecule has 0 atom stereocenters. The van der Waals surface area contributed by atoms with E-state index < -0.39 is 0 Å². The summed E-state index contributed by atoms with van der Waals surface area (Å²) in [4.78, 5) is 28.0. The predicted octanol–water partition coefficient (Wildman–Crippen LogP) is 1.83. The van der Waals surface area contributed by atoms with Crippen molar-refractivity contribution in [1.29, 1.82) is 0 Å². The summed E-state index contributed by atoms with van der Waals surface area (Å²) in [7, 11) is 0. The Morgan fingerprint density at radius 3 is 2.73 bits per heavy atom. The summed E-state index contributed by atoms with van der Waals surface area (Å²) in [5, 5.41) is 3.77. The number of pyridine rings is 2. The Morgan fingerprint density at radius 2 is 1.86 bits per heavy atom. The molecule has 0 fully saturated rings. The number of para-hydroxylation sites is 1. The Bertz CT molecular complexity index is 871. The number of nitrogens with zero attached hydrogens (tertiary/aromatic N) is 2. The second-order valence-corrected chi connectivity index (χ2v) is 4.88. The molecule has 2 aromatic heterocycles. The average molecular weight is 293 g/mol. The molecule has 5 nitrogen and oxygen atoms in total. The number of carbonyl (C=O) groups excluding carboxylic acids is 1. The fraction of sp³-hybridized carbons (Fsp3) is 0.118. The van der Waals surface area contributed by atoms with Crippen molar-refractivity contribution in [3.8, 4) is 0 Å². The molecule has 0 aliphatic heterocycles. The van der Waals surface area contributed by atoms with E-state index in [0.717, 1.165) is 10.9 Å². The van der Waals surface area contributed by atoms with Crippen molar-refractivity contribution in [2.24, 2.45) is 0 Å². The summed E-state index contributed by atoms with van der Waals surface area (Å²) in [5.41, 5.74) is 1.08. The molecule has 3 rings (SSSR count). The van der Waals surface area contributed by atoms with E-state index in [4.69, 9.17) is 0 Å². The molecule has 0 saturated heterocycles. The van der Waals surface area contributed by atoms with Crippen LogP contribution >= 0.6 is 0 Å². The highest BCUT2D eigenvalue weighted by Crippen LogP contribution is 2.11. The first-order chi connectivity index (χ1) is 10.7. The lowest BCUT2D eigenvalue weighted by Gasteiger charge is -2.07. The first kappa shape index (κ1) is 14.0. The van der Waals surface area contributed by atoms with E-state index in [9.17, 15) is 9.59 Å². The maximum absolute atomic E-state index is 12.1. The summed E-state index contributed by atoms with van der Waals surface area (Å²) in [6.45, 7) is 0.802. The van der Waals surface area contributed by atoms with Crippen LogP contribution in [0.5, 0.6) is 0 Å². The van der Waals surface area contributed by atoms with Gasteiger partial charge in [-0.05, 0) is 18.2 Å². The van der Waals surface area contributed by atoms with Crippen LogP contribution in [0.4, 0.5) is 0 Å². The van der Waals surface area contributed by atoms with Crippen molar-refractivity contribution >= 4 is 16.8 Å². The van der Waals surface area contributed by atoms with Gasteiger partial charge in [0.15, 0.2) is 0 Å². The Labute approximate surface area is 127 Å². The Morgan fingerprint density at radius 1 is 1.05 bits per heavy atom. The van der Waals surface area contributed by atoms with Gasteiger partial charge in [-0.15, -0.1) is 0 Å². The van der Waals surface area contributed by atoms with E-state index in [0.29, 0.717) is 18.8 Å². The molecule has 1 N–H and O–H groups in total. The maximum atomic E-state index is 12.1. The fourth-order valence-corrected chi connectivity index (χ4v) is 2.22. The van der Waals surface area contributed by atoms with Crippen molar-refractivity contribution < 1.29 is 4.79 Å². The van der Waals surface area contributed by atoms with Gasteiger partial charge in [-0.25, -0.2) is 4.98 Å². The van der Waals surface area contributed by atoms with Crippen molar-refractivity contribution in [2.75, 3.05) is 6.54 Å². The molecule has 0 unspecified atom stereocenters. The van der Waals surface area contributed by atoms with Gasteiger partial charge in [0.25, 0.3) is 11.5 Å². The number of rotatable bonds is 4. The van der Waals surface area contributed by atoms with Crippen molar-refractivity contribution in [3.63, 3.8) is 0 Å². The summed E-state index contributed by atoms with van der Waals surface area (Å²) in [5.74, 6) is -0.241. The van der Waals surface area contributed by atoms with Crippen LogP contribution < -0.4 is 10.9 Å². The minimum Gasteiger partial charge on any atom is -0.349 e. The van der Waals surface area contributed by atoms with Crippen molar-refractivity contribution in [1.82, 2.24) is 14.9 Å². The normalized spacial score (nSPS) is 10.5. The standard InChI is InChI=1S/C17H15N3O2/c21-16-7-3-4-11-20(16)12-10-18-17(22)15-9-8-13-5-1-2-6-14(13)19-15/h1-9,11H,10,12H2,(H,18,22). The van der Waals surface area contributed by atoms with Crippen LogP contribution in [-0.4, -0.2) is 22.0 Å². The molecule has 3 aromatic rings. The Hall–Kier alpha value is -2.95. The summed E-state index contributed by atoms with van der Waals surface area (Å²) < 4.78 is 1.55. The fourth-order valence-electron chi connectivity index (χ4n) is 2.22. The summed E-state index contributed by atoms with van der Waals surface area (Å²) in [6.07, 6.45) is 1.70. The van der Waals surface area contributed by atoms with Crippen LogP contribution in [0.2, 0.25) is 0 Å². The monoisotopic (exact) mass is 293 g/mol. The third-order valence-corrected chi connectivity index (χ3v) is 3.37. The minimum atomic E-state index is -0.241. The van der Waals surface area contributed by atoms with Gasteiger partial charge < -0.3 is 9.88 Å². The highest BCUT2D eigenvalue weighted by atomic mass is 16.2. The molecule has 0 aliphatic rings. The zero-order valence-electron chi connectivity index (χ0n) is 11.9. The second-order valence-electron chi connectivity index (χ2n) is 4.88. The number of hydrogen-bond acceptors (Lipinski definition) is 3. The third-order valence-electron chi connectivity index (χ3n) is 3.37. The van der Waals surface area contributed by atoms with Crippen LogP contribution in [0.15, 0.2) is 65.6 Å². The molecular weight excluding hydrogens is 278 g/mol. The lowest BCUT2D eigenvalue weighted by Crippen LogP contribution is -2.30. The Balaban J connectivity index is 1.66. The number of fused-ring (bicyclic) bond motifs is 1. The first-order valence-electron chi connectivity index (χ1n) is 7.03. The SMILES string of the molecule is O=C(NCCn1ccccc1=O)c1ccc2ccccc2n1. The Kier molecular flexibility index (Phi) is 3.96. The third kappa shape index (κ3) is 3.03. The average Bonchev–Trinajstić information content (AvgIpc) is 2.56. The number of aromatic nitrogens is 2. The highest BCUT2D eigenvalue weighted by Gasteiger charge is 2.07. The molecule has 110 valence electrons. The zero-order chi connectivity index (χ0) is 15.4.